The molecule has 2 rings (SSSR count). The summed E-state index contributed by atoms with van der Waals surface area (Å²) >= 11 is 0. The van der Waals surface area contributed by atoms with Gasteiger partial charge >= 0.3 is 0 Å². The molecule has 0 unspecified atom stereocenters. The van der Waals surface area contributed by atoms with E-state index in [0.717, 1.165) is 16.9 Å². The topological polar surface area (TPSA) is 47.6 Å². The number of benzene rings is 2. The van der Waals surface area contributed by atoms with Crippen LogP contribution in [0.15, 0.2) is 48.5 Å². The van der Waals surface area contributed by atoms with Crippen LogP contribution in [-0.4, -0.2) is 19.1 Å². The van der Waals surface area contributed by atoms with Crippen LogP contribution >= 0.6 is 0 Å². The maximum absolute atomic E-state index is 12.3. The number of amides is 1. The molecule has 0 radical (unpaired) electrons. The zero-order valence-electron chi connectivity index (χ0n) is 14.0. The van der Waals surface area contributed by atoms with Crippen LogP contribution in [0.3, 0.4) is 0 Å². The van der Waals surface area contributed by atoms with Gasteiger partial charge in [0.25, 0.3) is 5.91 Å². The van der Waals surface area contributed by atoms with E-state index in [1.807, 2.05) is 62.4 Å². The summed E-state index contributed by atoms with van der Waals surface area (Å²) in [6, 6.07) is 15.1. The van der Waals surface area contributed by atoms with E-state index in [-0.39, 0.29) is 11.9 Å². The van der Waals surface area contributed by atoms with Crippen LogP contribution in [0.5, 0.6) is 11.5 Å². The number of ether oxygens (including phenoxy) is 2. The van der Waals surface area contributed by atoms with Gasteiger partial charge in [-0.25, -0.2) is 0 Å². The predicted octanol–water partition coefficient (Wildman–Crippen LogP) is 3.65. The van der Waals surface area contributed by atoms with Gasteiger partial charge in [-0.15, -0.1) is 0 Å². The fourth-order valence-electron chi connectivity index (χ4n) is 2.31. The van der Waals surface area contributed by atoms with Gasteiger partial charge in [0.1, 0.15) is 11.5 Å². The van der Waals surface area contributed by atoms with Crippen molar-refractivity contribution in [3.63, 3.8) is 0 Å². The smallest absolute Gasteiger partial charge is 0.261 e. The minimum absolute atomic E-state index is 0.163. The molecule has 2 aromatic carbocycles. The summed E-state index contributed by atoms with van der Waals surface area (Å²) in [6.07, 6.45) is -0.574. The quantitative estimate of drug-likeness (QED) is 0.885. The maximum atomic E-state index is 12.3. The van der Waals surface area contributed by atoms with E-state index in [0.29, 0.717) is 5.75 Å². The van der Waals surface area contributed by atoms with Gasteiger partial charge in [-0.2, -0.15) is 0 Å². The number of para-hydroxylation sites is 1. The third-order valence-corrected chi connectivity index (χ3v) is 3.67. The number of aryl methyl sites for hydroxylation is 1. The fraction of sp³-hybridized carbons (Fsp3) is 0.316. The Morgan fingerprint density at radius 1 is 1.04 bits per heavy atom. The molecule has 1 N–H and O–H groups in total. The Hall–Kier alpha value is -2.49. The average molecular weight is 313 g/mol. The molecule has 0 spiro atoms. The van der Waals surface area contributed by atoms with Crippen molar-refractivity contribution in [2.45, 2.75) is 32.9 Å². The van der Waals surface area contributed by atoms with Crippen molar-refractivity contribution in [3.05, 3.63) is 59.7 Å². The highest BCUT2D eigenvalue weighted by atomic mass is 16.5. The molecular weight excluding hydrogens is 290 g/mol. The van der Waals surface area contributed by atoms with E-state index in [4.69, 9.17) is 9.47 Å². The summed E-state index contributed by atoms with van der Waals surface area (Å²) in [6.45, 7) is 5.67. The summed E-state index contributed by atoms with van der Waals surface area (Å²) in [5.74, 6) is 1.28. The molecule has 0 aliphatic heterocycles. The Balaban J connectivity index is 1.98. The van der Waals surface area contributed by atoms with Gasteiger partial charge in [-0.3, -0.25) is 4.79 Å². The summed E-state index contributed by atoms with van der Waals surface area (Å²) < 4.78 is 11.0. The molecule has 0 fully saturated rings. The van der Waals surface area contributed by atoms with Crippen LogP contribution in [0.1, 0.15) is 31.0 Å². The fourth-order valence-corrected chi connectivity index (χ4v) is 2.31. The van der Waals surface area contributed by atoms with Gasteiger partial charge in [-0.1, -0.05) is 35.9 Å². The second-order valence-corrected chi connectivity index (χ2v) is 5.55. The first-order chi connectivity index (χ1) is 11.0. The van der Waals surface area contributed by atoms with Crippen molar-refractivity contribution in [2.24, 2.45) is 0 Å². The molecule has 0 saturated heterocycles. The van der Waals surface area contributed by atoms with Crippen molar-refractivity contribution in [1.82, 2.24) is 5.32 Å². The molecular formula is C19H23NO3. The van der Waals surface area contributed by atoms with E-state index >= 15 is 0 Å². The molecule has 4 heteroatoms. The van der Waals surface area contributed by atoms with Gasteiger partial charge in [0.2, 0.25) is 0 Å². The number of rotatable bonds is 6. The van der Waals surface area contributed by atoms with Crippen molar-refractivity contribution in [2.75, 3.05) is 7.11 Å². The summed E-state index contributed by atoms with van der Waals surface area (Å²) in [4.78, 5) is 12.3. The Bertz CT molecular complexity index is 652. The van der Waals surface area contributed by atoms with E-state index < -0.39 is 6.10 Å². The highest BCUT2D eigenvalue weighted by molar-refractivity contribution is 5.81. The van der Waals surface area contributed by atoms with Crippen LogP contribution in [0.25, 0.3) is 0 Å². The largest absolute Gasteiger partial charge is 0.496 e. The molecule has 2 atom stereocenters. The number of nitrogens with one attached hydrogen (secondary N) is 1. The molecule has 1 amide bonds. The minimum Gasteiger partial charge on any atom is -0.496 e. The lowest BCUT2D eigenvalue weighted by atomic mass is 10.1. The lowest BCUT2D eigenvalue weighted by molar-refractivity contribution is -0.127. The van der Waals surface area contributed by atoms with Gasteiger partial charge < -0.3 is 14.8 Å². The Labute approximate surface area is 137 Å². The first-order valence-electron chi connectivity index (χ1n) is 7.68. The van der Waals surface area contributed by atoms with Crippen LogP contribution in [-0.2, 0) is 4.79 Å². The second-order valence-electron chi connectivity index (χ2n) is 5.55. The molecule has 122 valence electrons. The number of hydrogen-bond donors (Lipinski definition) is 1. The van der Waals surface area contributed by atoms with Crippen molar-refractivity contribution in [1.29, 1.82) is 0 Å². The summed E-state index contributed by atoms with van der Waals surface area (Å²) in [5.41, 5.74) is 2.09. The standard InChI is InChI=1S/C19H23NO3/c1-13-9-11-16(12-10-13)23-15(3)19(21)20-14(2)17-7-5-6-8-18(17)22-4/h5-12,14-15H,1-4H3,(H,20,21)/t14-,15+/m0/s1. The van der Waals surface area contributed by atoms with Gasteiger partial charge in [0, 0.05) is 5.56 Å². The van der Waals surface area contributed by atoms with Gasteiger partial charge in [0.05, 0.1) is 13.2 Å². The zero-order valence-corrected chi connectivity index (χ0v) is 14.0. The Morgan fingerprint density at radius 2 is 1.70 bits per heavy atom. The van der Waals surface area contributed by atoms with Crippen LogP contribution < -0.4 is 14.8 Å². The Morgan fingerprint density at radius 3 is 2.35 bits per heavy atom. The normalized spacial score (nSPS) is 13.0. The van der Waals surface area contributed by atoms with Crippen molar-refractivity contribution in [3.8, 4) is 11.5 Å². The number of carbonyl (C=O) groups excluding carboxylic acids is 1. The highest BCUT2D eigenvalue weighted by Crippen LogP contribution is 2.24. The number of hydrogen-bond acceptors (Lipinski definition) is 3. The van der Waals surface area contributed by atoms with E-state index in [1.165, 1.54) is 0 Å². The number of methoxy groups -OCH3 is 1. The first-order valence-corrected chi connectivity index (χ1v) is 7.68. The predicted molar refractivity (Wildman–Crippen MR) is 90.8 cm³/mol. The molecule has 2 aromatic rings. The first kappa shape index (κ1) is 16.9. The van der Waals surface area contributed by atoms with Gasteiger partial charge in [-0.05, 0) is 39.0 Å². The molecule has 0 aliphatic rings. The average Bonchev–Trinajstić information content (AvgIpc) is 2.56. The third kappa shape index (κ3) is 4.49. The molecule has 0 aromatic heterocycles. The maximum Gasteiger partial charge on any atom is 0.261 e. The van der Waals surface area contributed by atoms with Crippen molar-refractivity contribution >= 4 is 5.91 Å². The van der Waals surface area contributed by atoms with E-state index in [1.54, 1.807) is 14.0 Å². The van der Waals surface area contributed by atoms with Crippen LogP contribution in [0.2, 0.25) is 0 Å². The molecule has 23 heavy (non-hydrogen) atoms. The second kappa shape index (κ2) is 7.68. The lowest BCUT2D eigenvalue weighted by Gasteiger charge is -2.20. The Kier molecular flexibility index (Phi) is 5.63. The molecule has 4 nitrogen and oxygen atoms in total. The SMILES string of the molecule is COc1ccccc1[C@H](C)NC(=O)[C@@H](C)Oc1ccc(C)cc1. The van der Waals surface area contributed by atoms with Crippen LogP contribution in [0.4, 0.5) is 0 Å². The lowest BCUT2D eigenvalue weighted by Crippen LogP contribution is -2.37. The summed E-state index contributed by atoms with van der Waals surface area (Å²) in [7, 11) is 1.62. The van der Waals surface area contributed by atoms with Gasteiger partial charge in [0.15, 0.2) is 6.10 Å². The molecule has 0 saturated carbocycles. The number of carbonyl (C=O) groups is 1. The third-order valence-electron chi connectivity index (χ3n) is 3.67. The molecule has 0 aliphatic carbocycles. The molecule has 0 heterocycles. The van der Waals surface area contributed by atoms with Crippen LogP contribution in [0, 0.1) is 6.92 Å². The van der Waals surface area contributed by atoms with Crippen molar-refractivity contribution < 1.29 is 14.3 Å². The monoisotopic (exact) mass is 313 g/mol. The summed E-state index contributed by atoms with van der Waals surface area (Å²) in [5, 5.41) is 2.96. The van der Waals surface area contributed by atoms with E-state index in [2.05, 4.69) is 5.32 Å². The highest BCUT2D eigenvalue weighted by Gasteiger charge is 2.19. The zero-order chi connectivity index (χ0) is 16.8. The molecule has 0 bridgehead atoms. The minimum atomic E-state index is -0.574. The van der Waals surface area contributed by atoms with E-state index in [9.17, 15) is 4.79 Å².